The Morgan fingerprint density at radius 3 is 2.65 bits per heavy atom. The van der Waals surface area contributed by atoms with E-state index in [0.29, 0.717) is 29.7 Å². The number of hydrogen-bond acceptors (Lipinski definition) is 5. The second-order valence-corrected chi connectivity index (χ2v) is 6.88. The molecule has 0 unspecified atom stereocenters. The number of carbonyl (C=O) groups excluding carboxylic acids is 2. The molecule has 110 valence electrons. The van der Waals surface area contributed by atoms with Gasteiger partial charge in [-0.2, -0.15) is 0 Å². The van der Waals surface area contributed by atoms with Crippen LogP contribution in [0.3, 0.4) is 0 Å². The first-order valence-electron chi connectivity index (χ1n) is 6.80. The van der Waals surface area contributed by atoms with Crippen LogP contribution in [-0.2, 0) is 9.53 Å². The zero-order valence-electron chi connectivity index (χ0n) is 12.1. The molecule has 1 aromatic heterocycles. The molecular weight excluding hydrogens is 276 g/mol. The molecule has 6 heteroatoms. The van der Waals surface area contributed by atoms with Crippen molar-refractivity contribution in [3.63, 3.8) is 0 Å². The van der Waals surface area contributed by atoms with Crippen molar-refractivity contribution in [3.05, 3.63) is 11.1 Å². The number of anilines is 1. The van der Waals surface area contributed by atoms with E-state index in [-0.39, 0.29) is 0 Å². The third-order valence-corrected chi connectivity index (χ3v) is 3.87. The molecule has 0 radical (unpaired) electrons. The van der Waals surface area contributed by atoms with Crippen LogP contribution in [0.2, 0.25) is 0 Å². The standard InChI is InChI=1S/C14H20N2O3S/c1-14(2,3)19-13(18)16-12-15-11(8-20-12)9-4-6-10(17)7-5-9/h8-9H,4-7H2,1-3H3,(H,15,16,18). The molecule has 0 atom stereocenters. The number of nitrogens with zero attached hydrogens (tertiary/aromatic N) is 1. The van der Waals surface area contributed by atoms with Crippen molar-refractivity contribution in [2.75, 3.05) is 5.32 Å². The van der Waals surface area contributed by atoms with Crippen molar-refractivity contribution in [2.45, 2.75) is 58.0 Å². The van der Waals surface area contributed by atoms with Gasteiger partial charge in [0, 0.05) is 24.1 Å². The molecule has 0 bridgehead atoms. The Morgan fingerprint density at radius 2 is 2.05 bits per heavy atom. The van der Waals surface area contributed by atoms with Gasteiger partial charge >= 0.3 is 6.09 Å². The molecule has 1 fully saturated rings. The van der Waals surface area contributed by atoms with E-state index in [2.05, 4.69) is 10.3 Å². The van der Waals surface area contributed by atoms with E-state index in [4.69, 9.17) is 4.74 Å². The lowest BCUT2D eigenvalue weighted by Crippen LogP contribution is -2.27. The van der Waals surface area contributed by atoms with Crippen LogP contribution < -0.4 is 5.32 Å². The molecule has 1 heterocycles. The highest BCUT2D eigenvalue weighted by Gasteiger charge is 2.23. The molecule has 20 heavy (non-hydrogen) atoms. The van der Waals surface area contributed by atoms with Gasteiger partial charge in [0.2, 0.25) is 0 Å². The monoisotopic (exact) mass is 296 g/mol. The Balaban J connectivity index is 1.92. The van der Waals surface area contributed by atoms with Gasteiger partial charge in [0.25, 0.3) is 0 Å². The summed E-state index contributed by atoms with van der Waals surface area (Å²) in [4.78, 5) is 27.3. The van der Waals surface area contributed by atoms with E-state index in [0.717, 1.165) is 18.5 Å². The van der Waals surface area contributed by atoms with Crippen molar-refractivity contribution in [1.82, 2.24) is 4.98 Å². The quantitative estimate of drug-likeness (QED) is 0.903. The average Bonchev–Trinajstić information content (AvgIpc) is 2.75. The van der Waals surface area contributed by atoms with Crippen LogP contribution in [0.15, 0.2) is 5.38 Å². The van der Waals surface area contributed by atoms with Gasteiger partial charge in [0.05, 0.1) is 5.69 Å². The maximum absolute atomic E-state index is 11.6. The molecule has 0 saturated heterocycles. The number of hydrogen-bond donors (Lipinski definition) is 1. The number of carbonyl (C=O) groups is 2. The smallest absolute Gasteiger partial charge is 0.413 e. The van der Waals surface area contributed by atoms with E-state index >= 15 is 0 Å². The highest BCUT2D eigenvalue weighted by atomic mass is 32.1. The first-order valence-corrected chi connectivity index (χ1v) is 7.68. The van der Waals surface area contributed by atoms with Crippen LogP contribution in [0.5, 0.6) is 0 Å². The van der Waals surface area contributed by atoms with Crippen LogP contribution in [0.25, 0.3) is 0 Å². The molecule has 1 aliphatic rings. The summed E-state index contributed by atoms with van der Waals surface area (Å²) in [5, 5.41) is 5.14. The number of ether oxygens (including phenoxy) is 1. The van der Waals surface area contributed by atoms with E-state index in [9.17, 15) is 9.59 Å². The van der Waals surface area contributed by atoms with Crippen LogP contribution in [-0.4, -0.2) is 22.5 Å². The molecule has 1 N–H and O–H groups in total. The van der Waals surface area contributed by atoms with E-state index in [1.54, 1.807) is 0 Å². The fourth-order valence-electron chi connectivity index (χ4n) is 2.16. The minimum Gasteiger partial charge on any atom is -0.444 e. The molecule has 1 aromatic rings. The lowest BCUT2D eigenvalue weighted by atomic mass is 9.87. The van der Waals surface area contributed by atoms with Gasteiger partial charge in [-0.3, -0.25) is 10.1 Å². The Morgan fingerprint density at radius 1 is 1.40 bits per heavy atom. The Hall–Kier alpha value is -1.43. The van der Waals surface area contributed by atoms with Crippen molar-refractivity contribution in [2.24, 2.45) is 0 Å². The number of amides is 1. The number of nitrogens with one attached hydrogen (secondary N) is 1. The fourth-order valence-corrected chi connectivity index (χ4v) is 2.94. The summed E-state index contributed by atoms with van der Waals surface area (Å²) in [6, 6.07) is 0. The third kappa shape index (κ3) is 4.30. The predicted molar refractivity (Wildman–Crippen MR) is 78.2 cm³/mol. The molecule has 1 aliphatic carbocycles. The predicted octanol–water partition coefficient (Wildman–Crippen LogP) is 3.72. The average molecular weight is 296 g/mol. The van der Waals surface area contributed by atoms with Gasteiger partial charge in [-0.1, -0.05) is 0 Å². The maximum Gasteiger partial charge on any atom is 0.413 e. The molecule has 0 aliphatic heterocycles. The molecule has 1 saturated carbocycles. The highest BCUT2D eigenvalue weighted by Crippen LogP contribution is 2.32. The maximum atomic E-state index is 11.6. The topological polar surface area (TPSA) is 68.3 Å². The van der Waals surface area contributed by atoms with Gasteiger partial charge < -0.3 is 4.74 Å². The van der Waals surface area contributed by atoms with Crippen molar-refractivity contribution in [1.29, 1.82) is 0 Å². The van der Waals surface area contributed by atoms with Crippen LogP contribution in [0.1, 0.15) is 58.1 Å². The molecule has 0 spiro atoms. The normalized spacial score (nSPS) is 17.1. The number of Topliss-reactive ketones (excluding diaryl/α,β-unsaturated/α-hetero) is 1. The fraction of sp³-hybridized carbons (Fsp3) is 0.643. The van der Waals surface area contributed by atoms with E-state index in [1.165, 1.54) is 11.3 Å². The Bertz CT molecular complexity index is 495. The molecule has 2 rings (SSSR count). The van der Waals surface area contributed by atoms with Gasteiger partial charge in [-0.25, -0.2) is 9.78 Å². The number of ketones is 1. The van der Waals surface area contributed by atoms with Crippen LogP contribution in [0.4, 0.5) is 9.93 Å². The summed E-state index contributed by atoms with van der Waals surface area (Å²) in [5.41, 5.74) is 0.446. The lowest BCUT2D eigenvalue weighted by Gasteiger charge is -2.19. The van der Waals surface area contributed by atoms with Gasteiger partial charge in [-0.15, -0.1) is 11.3 Å². The zero-order chi connectivity index (χ0) is 14.8. The van der Waals surface area contributed by atoms with Crippen molar-refractivity contribution in [3.8, 4) is 0 Å². The van der Waals surface area contributed by atoms with Gasteiger partial charge in [0.1, 0.15) is 11.4 Å². The third-order valence-electron chi connectivity index (χ3n) is 3.09. The Kier molecular flexibility index (Phi) is 4.42. The zero-order valence-corrected chi connectivity index (χ0v) is 12.9. The summed E-state index contributed by atoms with van der Waals surface area (Å²) in [6.45, 7) is 5.46. The minimum absolute atomic E-state index is 0.332. The van der Waals surface area contributed by atoms with Gasteiger partial charge in [-0.05, 0) is 33.6 Å². The largest absolute Gasteiger partial charge is 0.444 e. The molecule has 1 amide bonds. The highest BCUT2D eigenvalue weighted by molar-refractivity contribution is 7.13. The number of thiazole rings is 1. The number of rotatable bonds is 2. The summed E-state index contributed by atoms with van der Waals surface area (Å²) in [5.74, 6) is 0.668. The summed E-state index contributed by atoms with van der Waals surface area (Å²) in [7, 11) is 0. The second-order valence-electron chi connectivity index (χ2n) is 6.02. The van der Waals surface area contributed by atoms with Crippen molar-refractivity contribution < 1.29 is 14.3 Å². The minimum atomic E-state index is -0.520. The number of aromatic nitrogens is 1. The molecular formula is C14H20N2O3S. The first-order chi connectivity index (χ1) is 9.33. The SMILES string of the molecule is CC(C)(C)OC(=O)Nc1nc(C2CCC(=O)CC2)cs1. The lowest BCUT2D eigenvalue weighted by molar-refractivity contribution is -0.120. The van der Waals surface area contributed by atoms with Crippen molar-refractivity contribution >= 4 is 28.3 Å². The van der Waals surface area contributed by atoms with E-state index < -0.39 is 11.7 Å². The first kappa shape index (κ1) is 15.0. The van der Waals surface area contributed by atoms with Gasteiger partial charge in [0.15, 0.2) is 5.13 Å². The van der Waals surface area contributed by atoms with E-state index in [1.807, 2.05) is 26.2 Å². The summed E-state index contributed by atoms with van der Waals surface area (Å²) in [6.07, 6.45) is 2.49. The van der Waals surface area contributed by atoms with Crippen LogP contribution in [0, 0.1) is 0 Å². The summed E-state index contributed by atoms with van der Waals surface area (Å²) >= 11 is 1.39. The Labute approximate surface area is 122 Å². The van der Waals surface area contributed by atoms with Crippen LogP contribution >= 0.6 is 11.3 Å². The molecule has 0 aromatic carbocycles. The molecule has 5 nitrogen and oxygen atoms in total. The second kappa shape index (κ2) is 5.91. The summed E-state index contributed by atoms with van der Waals surface area (Å²) < 4.78 is 5.18.